The molecule has 1 N–H and O–H groups in total. The minimum absolute atomic E-state index is 0.766. The standard InChI is InChI=1S/C14H16BrN3/c1-2-4-13-8-14(18-10-17-13)16-9-11-5-3-6-12(15)7-11/h3,5-8,10H,2,4,9H2,1H3,(H,16,17,18). The molecule has 0 radical (unpaired) electrons. The van der Waals surface area contributed by atoms with Gasteiger partial charge in [-0.25, -0.2) is 9.97 Å². The topological polar surface area (TPSA) is 37.8 Å². The Morgan fingerprint density at radius 3 is 2.89 bits per heavy atom. The van der Waals surface area contributed by atoms with Crippen LogP contribution in [-0.4, -0.2) is 9.97 Å². The van der Waals surface area contributed by atoms with Gasteiger partial charge in [0.15, 0.2) is 0 Å². The first-order valence-corrected chi connectivity index (χ1v) is 6.86. The number of benzene rings is 1. The van der Waals surface area contributed by atoms with Gasteiger partial charge in [0.2, 0.25) is 0 Å². The summed E-state index contributed by atoms with van der Waals surface area (Å²) in [6.45, 7) is 2.92. The van der Waals surface area contributed by atoms with E-state index in [2.05, 4.69) is 50.3 Å². The van der Waals surface area contributed by atoms with Crippen LogP contribution in [0.1, 0.15) is 24.6 Å². The molecule has 4 heteroatoms. The van der Waals surface area contributed by atoms with E-state index in [0.717, 1.165) is 35.4 Å². The number of halogens is 1. The van der Waals surface area contributed by atoms with Gasteiger partial charge in [0.1, 0.15) is 12.1 Å². The molecule has 0 atom stereocenters. The predicted molar refractivity (Wildman–Crippen MR) is 77.5 cm³/mol. The van der Waals surface area contributed by atoms with Crippen molar-refractivity contribution in [2.45, 2.75) is 26.3 Å². The van der Waals surface area contributed by atoms with Gasteiger partial charge in [0.05, 0.1) is 0 Å². The van der Waals surface area contributed by atoms with Crippen LogP contribution in [0, 0.1) is 0 Å². The molecule has 2 aromatic rings. The first-order valence-electron chi connectivity index (χ1n) is 6.07. The maximum absolute atomic E-state index is 4.24. The summed E-state index contributed by atoms with van der Waals surface area (Å²) in [7, 11) is 0. The molecule has 0 amide bonds. The summed E-state index contributed by atoms with van der Waals surface area (Å²) in [6, 6.07) is 10.3. The Labute approximate surface area is 116 Å². The lowest BCUT2D eigenvalue weighted by Crippen LogP contribution is -2.03. The number of nitrogens with zero attached hydrogens (tertiary/aromatic N) is 2. The molecule has 0 aliphatic rings. The largest absolute Gasteiger partial charge is 0.366 e. The lowest BCUT2D eigenvalue weighted by atomic mass is 10.2. The van der Waals surface area contributed by atoms with Crippen molar-refractivity contribution in [2.75, 3.05) is 5.32 Å². The van der Waals surface area contributed by atoms with E-state index in [1.165, 1.54) is 5.56 Å². The van der Waals surface area contributed by atoms with Gasteiger partial charge < -0.3 is 5.32 Å². The lowest BCUT2D eigenvalue weighted by Gasteiger charge is -2.07. The smallest absolute Gasteiger partial charge is 0.129 e. The quantitative estimate of drug-likeness (QED) is 0.913. The third kappa shape index (κ3) is 3.81. The number of hydrogen-bond acceptors (Lipinski definition) is 3. The second-order valence-corrected chi connectivity index (χ2v) is 5.04. The predicted octanol–water partition coefficient (Wildman–Crippen LogP) is 3.80. The van der Waals surface area contributed by atoms with Crippen LogP contribution in [0.3, 0.4) is 0 Å². The van der Waals surface area contributed by atoms with Crippen molar-refractivity contribution in [1.29, 1.82) is 0 Å². The van der Waals surface area contributed by atoms with Gasteiger partial charge in [-0.3, -0.25) is 0 Å². The highest BCUT2D eigenvalue weighted by atomic mass is 79.9. The highest BCUT2D eigenvalue weighted by molar-refractivity contribution is 9.10. The minimum atomic E-state index is 0.766. The number of aromatic nitrogens is 2. The molecule has 3 nitrogen and oxygen atoms in total. The Balaban J connectivity index is 1.99. The molecule has 1 heterocycles. The monoisotopic (exact) mass is 305 g/mol. The van der Waals surface area contributed by atoms with Crippen molar-refractivity contribution in [3.8, 4) is 0 Å². The summed E-state index contributed by atoms with van der Waals surface area (Å²) in [5.41, 5.74) is 2.31. The fourth-order valence-electron chi connectivity index (χ4n) is 1.73. The van der Waals surface area contributed by atoms with Gasteiger partial charge in [0, 0.05) is 22.8 Å². The molecular formula is C14H16BrN3. The van der Waals surface area contributed by atoms with Gasteiger partial charge in [-0.05, 0) is 24.1 Å². The Hall–Kier alpha value is -1.42. The lowest BCUT2D eigenvalue weighted by molar-refractivity contribution is 0.871. The van der Waals surface area contributed by atoms with Crippen LogP contribution in [0.25, 0.3) is 0 Å². The van der Waals surface area contributed by atoms with Crippen molar-refractivity contribution in [3.05, 3.63) is 52.4 Å². The first-order chi connectivity index (χ1) is 8.78. The third-order valence-corrected chi connectivity index (χ3v) is 3.09. The van der Waals surface area contributed by atoms with Gasteiger partial charge in [-0.1, -0.05) is 41.4 Å². The molecule has 94 valence electrons. The summed E-state index contributed by atoms with van der Waals surface area (Å²) in [6.07, 6.45) is 3.71. The molecule has 1 aromatic carbocycles. The Bertz CT molecular complexity index is 514. The molecule has 0 saturated carbocycles. The average molecular weight is 306 g/mol. The maximum Gasteiger partial charge on any atom is 0.129 e. The zero-order chi connectivity index (χ0) is 12.8. The van der Waals surface area contributed by atoms with Crippen LogP contribution in [-0.2, 0) is 13.0 Å². The number of anilines is 1. The number of nitrogens with one attached hydrogen (secondary N) is 1. The Kier molecular flexibility index (Phi) is 4.70. The maximum atomic E-state index is 4.24. The zero-order valence-corrected chi connectivity index (χ0v) is 11.9. The summed E-state index contributed by atoms with van der Waals surface area (Å²) >= 11 is 3.47. The molecule has 0 aliphatic carbocycles. The summed E-state index contributed by atoms with van der Waals surface area (Å²) < 4.78 is 1.09. The number of aryl methyl sites for hydroxylation is 1. The van der Waals surface area contributed by atoms with Gasteiger partial charge in [-0.15, -0.1) is 0 Å². The Morgan fingerprint density at radius 2 is 2.11 bits per heavy atom. The van der Waals surface area contributed by atoms with Crippen LogP contribution in [0.5, 0.6) is 0 Å². The summed E-state index contributed by atoms with van der Waals surface area (Å²) in [5.74, 6) is 0.883. The first kappa shape index (κ1) is 13.0. The van der Waals surface area contributed by atoms with Gasteiger partial charge in [-0.2, -0.15) is 0 Å². The van der Waals surface area contributed by atoms with Crippen molar-refractivity contribution in [2.24, 2.45) is 0 Å². The van der Waals surface area contributed by atoms with E-state index < -0.39 is 0 Å². The molecule has 0 saturated heterocycles. The van der Waals surface area contributed by atoms with E-state index in [4.69, 9.17) is 0 Å². The second kappa shape index (κ2) is 6.50. The molecule has 2 rings (SSSR count). The molecule has 1 aromatic heterocycles. The van der Waals surface area contributed by atoms with E-state index in [9.17, 15) is 0 Å². The van der Waals surface area contributed by atoms with E-state index in [0.29, 0.717) is 0 Å². The van der Waals surface area contributed by atoms with E-state index in [1.807, 2.05) is 18.2 Å². The number of hydrogen-bond donors (Lipinski definition) is 1. The van der Waals surface area contributed by atoms with Crippen molar-refractivity contribution in [1.82, 2.24) is 9.97 Å². The molecule has 18 heavy (non-hydrogen) atoms. The highest BCUT2D eigenvalue weighted by Crippen LogP contribution is 2.13. The third-order valence-electron chi connectivity index (χ3n) is 2.59. The normalized spacial score (nSPS) is 10.3. The van der Waals surface area contributed by atoms with Crippen molar-refractivity contribution in [3.63, 3.8) is 0 Å². The van der Waals surface area contributed by atoms with Crippen LogP contribution < -0.4 is 5.32 Å². The average Bonchev–Trinajstić information content (AvgIpc) is 2.37. The van der Waals surface area contributed by atoms with Crippen LogP contribution in [0.2, 0.25) is 0 Å². The van der Waals surface area contributed by atoms with Crippen LogP contribution >= 0.6 is 15.9 Å². The van der Waals surface area contributed by atoms with Gasteiger partial charge in [0.25, 0.3) is 0 Å². The fourth-order valence-corrected chi connectivity index (χ4v) is 2.17. The SMILES string of the molecule is CCCc1cc(NCc2cccc(Br)c2)ncn1. The minimum Gasteiger partial charge on any atom is -0.366 e. The zero-order valence-electron chi connectivity index (χ0n) is 10.4. The number of rotatable bonds is 5. The van der Waals surface area contributed by atoms with Crippen molar-refractivity contribution >= 4 is 21.7 Å². The fraction of sp³-hybridized carbons (Fsp3) is 0.286. The molecule has 0 bridgehead atoms. The Morgan fingerprint density at radius 1 is 1.22 bits per heavy atom. The second-order valence-electron chi connectivity index (χ2n) is 4.13. The van der Waals surface area contributed by atoms with Crippen LogP contribution in [0.4, 0.5) is 5.82 Å². The highest BCUT2D eigenvalue weighted by Gasteiger charge is 1.99. The summed E-state index contributed by atoms with van der Waals surface area (Å²) in [4.78, 5) is 8.46. The van der Waals surface area contributed by atoms with E-state index in [-0.39, 0.29) is 0 Å². The molecule has 0 unspecified atom stereocenters. The molecule has 0 fully saturated rings. The molecular weight excluding hydrogens is 290 g/mol. The van der Waals surface area contributed by atoms with Crippen molar-refractivity contribution < 1.29 is 0 Å². The van der Waals surface area contributed by atoms with E-state index in [1.54, 1.807) is 6.33 Å². The summed E-state index contributed by atoms with van der Waals surface area (Å²) in [5, 5.41) is 3.32. The van der Waals surface area contributed by atoms with Crippen LogP contribution in [0.15, 0.2) is 41.1 Å². The molecule has 0 spiro atoms. The van der Waals surface area contributed by atoms with Gasteiger partial charge >= 0.3 is 0 Å². The molecule has 0 aliphatic heterocycles. The van der Waals surface area contributed by atoms with E-state index >= 15 is 0 Å².